The van der Waals surface area contributed by atoms with Gasteiger partial charge in [-0.25, -0.2) is 13.2 Å². The lowest BCUT2D eigenvalue weighted by Gasteiger charge is -2.12. The van der Waals surface area contributed by atoms with Crippen molar-refractivity contribution >= 4 is 34.6 Å². The van der Waals surface area contributed by atoms with Gasteiger partial charge in [0.1, 0.15) is 0 Å². The molecule has 0 radical (unpaired) electrons. The molecule has 0 aliphatic carbocycles. The number of carbonyl (C=O) groups is 1. The second-order valence-corrected chi connectivity index (χ2v) is 6.26. The highest BCUT2D eigenvalue weighted by molar-refractivity contribution is 7.80. The van der Waals surface area contributed by atoms with Crippen LogP contribution < -0.4 is 16.0 Å². The predicted molar refractivity (Wildman–Crippen MR) is 99.7 cm³/mol. The van der Waals surface area contributed by atoms with Gasteiger partial charge in [-0.2, -0.15) is 0 Å². The van der Waals surface area contributed by atoms with Crippen LogP contribution in [0.4, 0.5) is 24.5 Å². The zero-order valence-corrected chi connectivity index (χ0v) is 15.0. The van der Waals surface area contributed by atoms with Gasteiger partial charge in [-0.3, -0.25) is 4.79 Å². The molecule has 1 amide bonds. The average molecular weight is 381 g/mol. The molecule has 0 unspecified atom stereocenters. The molecule has 0 spiro atoms. The summed E-state index contributed by atoms with van der Waals surface area (Å²) >= 11 is 5.08. The fraction of sp³-hybridized carbons (Fsp3) is 0.222. The number of nitrogens with one attached hydrogen (secondary N) is 3. The first-order valence-corrected chi connectivity index (χ1v) is 8.27. The molecule has 0 fully saturated rings. The minimum Gasteiger partial charge on any atom is -0.353 e. The normalized spacial score (nSPS) is 10.5. The maximum absolute atomic E-state index is 13.5. The number of thiocarbonyl (C=S) groups is 1. The van der Waals surface area contributed by atoms with Crippen molar-refractivity contribution < 1.29 is 18.0 Å². The van der Waals surface area contributed by atoms with Crippen LogP contribution in [-0.4, -0.2) is 17.6 Å². The Bertz CT molecular complexity index is 810. The molecule has 0 aromatic heterocycles. The quantitative estimate of drug-likeness (QED) is 0.538. The maximum atomic E-state index is 13.5. The molecule has 0 aliphatic heterocycles. The number of carbonyl (C=O) groups excluding carboxylic acids is 1. The van der Waals surface area contributed by atoms with Crippen LogP contribution in [0.2, 0.25) is 0 Å². The molecule has 26 heavy (non-hydrogen) atoms. The molecule has 3 N–H and O–H groups in total. The predicted octanol–water partition coefficient (Wildman–Crippen LogP) is 4.15. The highest BCUT2D eigenvalue weighted by Crippen LogP contribution is 2.19. The van der Waals surface area contributed by atoms with E-state index >= 15 is 0 Å². The number of anilines is 2. The molecule has 4 nitrogen and oxygen atoms in total. The Morgan fingerprint density at radius 2 is 1.65 bits per heavy atom. The Kier molecular flexibility index (Phi) is 6.57. The second kappa shape index (κ2) is 8.66. The monoisotopic (exact) mass is 381 g/mol. The molecule has 2 aromatic carbocycles. The summed E-state index contributed by atoms with van der Waals surface area (Å²) in [6.45, 7) is 3.90. The van der Waals surface area contributed by atoms with Gasteiger partial charge in [0, 0.05) is 5.69 Å². The molecule has 0 atom stereocenters. The Morgan fingerprint density at radius 3 is 2.27 bits per heavy atom. The van der Waals surface area contributed by atoms with Crippen LogP contribution in [0.25, 0.3) is 0 Å². The average Bonchev–Trinajstić information content (AvgIpc) is 2.61. The van der Waals surface area contributed by atoms with E-state index in [9.17, 15) is 18.0 Å². The van der Waals surface area contributed by atoms with Gasteiger partial charge in [-0.15, -0.1) is 0 Å². The lowest BCUT2D eigenvalue weighted by Crippen LogP contribution is -2.35. The summed E-state index contributed by atoms with van der Waals surface area (Å²) < 4.78 is 39.5. The van der Waals surface area contributed by atoms with Gasteiger partial charge in [-0.1, -0.05) is 26.0 Å². The third-order valence-electron chi connectivity index (χ3n) is 3.55. The van der Waals surface area contributed by atoms with Crippen molar-refractivity contribution in [2.24, 2.45) is 0 Å². The van der Waals surface area contributed by atoms with E-state index in [-0.39, 0.29) is 11.7 Å². The van der Waals surface area contributed by atoms with Gasteiger partial charge >= 0.3 is 0 Å². The van der Waals surface area contributed by atoms with Gasteiger partial charge in [-0.05, 0) is 48.0 Å². The lowest BCUT2D eigenvalue weighted by atomic mass is 10.0. The number of amides is 1. The summed E-state index contributed by atoms with van der Waals surface area (Å²) in [5, 5.41) is 7.91. The van der Waals surface area contributed by atoms with Crippen molar-refractivity contribution in [2.45, 2.75) is 19.8 Å². The number of benzene rings is 2. The molecule has 0 heterocycles. The maximum Gasteiger partial charge on any atom is 0.243 e. The molecule has 8 heteroatoms. The van der Waals surface area contributed by atoms with Crippen LogP contribution >= 0.6 is 12.2 Å². The first-order chi connectivity index (χ1) is 12.3. The Hall–Kier alpha value is -2.61. The zero-order chi connectivity index (χ0) is 19.3. The SMILES string of the molecule is CC(C)c1ccc(NC(=S)NCC(=O)Nc2ccc(F)c(F)c2F)cc1. The summed E-state index contributed by atoms with van der Waals surface area (Å²) in [5.74, 6) is -4.67. The minimum atomic E-state index is -1.64. The van der Waals surface area contributed by atoms with E-state index in [0.29, 0.717) is 5.92 Å². The van der Waals surface area contributed by atoms with Gasteiger partial charge in [0.15, 0.2) is 22.6 Å². The summed E-state index contributed by atoms with van der Waals surface area (Å²) in [4.78, 5) is 11.8. The first kappa shape index (κ1) is 19.7. The molecule has 0 saturated heterocycles. The van der Waals surface area contributed by atoms with E-state index in [0.717, 1.165) is 17.8 Å². The minimum absolute atomic E-state index is 0.197. The first-order valence-electron chi connectivity index (χ1n) is 7.86. The van der Waals surface area contributed by atoms with Crippen LogP contribution in [-0.2, 0) is 4.79 Å². The van der Waals surface area contributed by atoms with Gasteiger partial charge in [0.25, 0.3) is 0 Å². The van der Waals surface area contributed by atoms with E-state index in [2.05, 4.69) is 29.8 Å². The van der Waals surface area contributed by atoms with Crippen molar-refractivity contribution in [1.29, 1.82) is 0 Å². The fourth-order valence-electron chi connectivity index (χ4n) is 2.10. The third kappa shape index (κ3) is 5.19. The number of halogens is 3. The fourth-order valence-corrected chi connectivity index (χ4v) is 2.29. The van der Waals surface area contributed by atoms with Crippen molar-refractivity contribution in [3.8, 4) is 0 Å². The highest BCUT2D eigenvalue weighted by atomic mass is 32.1. The molecule has 138 valence electrons. The van der Waals surface area contributed by atoms with Crippen molar-refractivity contribution in [3.05, 3.63) is 59.4 Å². The Balaban J connectivity index is 1.85. The third-order valence-corrected chi connectivity index (χ3v) is 3.80. The van der Waals surface area contributed by atoms with Crippen LogP contribution in [0.3, 0.4) is 0 Å². The van der Waals surface area contributed by atoms with Gasteiger partial charge in [0.05, 0.1) is 12.2 Å². The molecule has 2 rings (SSSR count). The lowest BCUT2D eigenvalue weighted by molar-refractivity contribution is -0.115. The zero-order valence-electron chi connectivity index (χ0n) is 14.2. The van der Waals surface area contributed by atoms with Crippen LogP contribution in [0.1, 0.15) is 25.3 Å². The number of hydrogen-bond donors (Lipinski definition) is 3. The molecular weight excluding hydrogens is 363 g/mol. The largest absolute Gasteiger partial charge is 0.353 e. The smallest absolute Gasteiger partial charge is 0.243 e. The van der Waals surface area contributed by atoms with E-state index in [1.807, 2.05) is 24.3 Å². The van der Waals surface area contributed by atoms with E-state index in [1.54, 1.807) is 0 Å². The van der Waals surface area contributed by atoms with Crippen molar-refractivity contribution in [3.63, 3.8) is 0 Å². The number of rotatable bonds is 5. The van der Waals surface area contributed by atoms with Crippen LogP contribution in [0.15, 0.2) is 36.4 Å². The number of hydrogen-bond acceptors (Lipinski definition) is 2. The van der Waals surface area contributed by atoms with Crippen LogP contribution in [0.5, 0.6) is 0 Å². The van der Waals surface area contributed by atoms with Gasteiger partial charge in [0.2, 0.25) is 5.91 Å². The van der Waals surface area contributed by atoms with Crippen molar-refractivity contribution in [2.75, 3.05) is 17.2 Å². The van der Waals surface area contributed by atoms with E-state index < -0.39 is 29.0 Å². The molecule has 0 aliphatic rings. The molecule has 0 saturated carbocycles. The summed E-state index contributed by atoms with van der Waals surface area (Å²) in [5.41, 5.74) is 1.49. The standard InChI is InChI=1S/C18H18F3N3OS/c1-10(2)11-3-5-12(6-4-11)23-18(26)22-9-15(25)24-14-8-7-13(19)16(20)17(14)21/h3-8,10H,9H2,1-2H3,(H,24,25)(H2,22,23,26). The Morgan fingerprint density at radius 1 is 1.00 bits per heavy atom. The van der Waals surface area contributed by atoms with E-state index in [1.165, 1.54) is 5.56 Å². The summed E-state index contributed by atoms with van der Waals surface area (Å²) in [7, 11) is 0. The summed E-state index contributed by atoms with van der Waals surface area (Å²) in [6.07, 6.45) is 0. The van der Waals surface area contributed by atoms with Crippen LogP contribution in [0, 0.1) is 17.5 Å². The topological polar surface area (TPSA) is 53.2 Å². The Labute approximate surface area is 154 Å². The van der Waals surface area contributed by atoms with E-state index in [4.69, 9.17) is 12.2 Å². The van der Waals surface area contributed by atoms with Gasteiger partial charge < -0.3 is 16.0 Å². The summed E-state index contributed by atoms with van der Waals surface area (Å²) in [6, 6.07) is 9.33. The highest BCUT2D eigenvalue weighted by Gasteiger charge is 2.15. The molecule has 0 bridgehead atoms. The molecular formula is C18H18F3N3OS. The molecule has 2 aromatic rings. The van der Waals surface area contributed by atoms with Crippen molar-refractivity contribution in [1.82, 2.24) is 5.32 Å². The second-order valence-electron chi connectivity index (χ2n) is 5.86.